The van der Waals surface area contributed by atoms with Crippen molar-refractivity contribution in [2.75, 3.05) is 7.05 Å². The normalized spacial score (nSPS) is 11.1. The SMILES string of the molecule is CNC(=O)OCc1cc(/C(C)=N/OCc2cc(C)ccn2)ccc1Cl. The molecule has 0 saturated carbocycles. The minimum atomic E-state index is -0.513. The van der Waals surface area contributed by atoms with Gasteiger partial charge in [-0.05, 0) is 49.2 Å². The van der Waals surface area contributed by atoms with Gasteiger partial charge in [0.05, 0.1) is 11.4 Å². The zero-order chi connectivity index (χ0) is 18.2. The number of ether oxygens (including phenoxy) is 1. The largest absolute Gasteiger partial charge is 0.445 e. The van der Waals surface area contributed by atoms with E-state index in [2.05, 4.69) is 15.5 Å². The van der Waals surface area contributed by atoms with E-state index < -0.39 is 6.09 Å². The summed E-state index contributed by atoms with van der Waals surface area (Å²) < 4.78 is 5.03. The van der Waals surface area contributed by atoms with Gasteiger partial charge in [-0.2, -0.15) is 0 Å². The van der Waals surface area contributed by atoms with Crippen molar-refractivity contribution < 1.29 is 14.4 Å². The van der Waals surface area contributed by atoms with Crippen molar-refractivity contribution in [3.05, 3.63) is 63.9 Å². The number of aromatic nitrogens is 1. The third-order valence-electron chi connectivity index (χ3n) is 3.41. The second kappa shape index (κ2) is 9.03. The number of aryl methyl sites for hydroxylation is 1. The molecule has 0 bridgehead atoms. The number of benzene rings is 1. The lowest BCUT2D eigenvalue weighted by Crippen LogP contribution is -2.19. The highest BCUT2D eigenvalue weighted by molar-refractivity contribution is 6.31. The molecule has 0 unspecified atom stereocenters. The molecular weight excluding hydrogens is 342 g/mol. The number of oxime groups is 1. The Kier molecular flexibility index (Phi) is 6.77. The van der Waals surface area contributed by atoms with Gasteiger partial charge >= 0.3 is 6.09 Å². The number of hydrogen-bond donors (Lipinski definition) is 1. The third-order valence-corrected chi connectivity index (χ3v) is 3.78. The monoisotopic (exact) mass is 361 g/mol. The number of amides is 1. The number of hydrogen-bond acceptors (Lipinski definition) is 5. The minimum Gasteiger partial charge on any atom is -0.445 e. The first-order valence-electron chi connectivity index (χ1n) is 7.71. The number of nitrogens with zero attached hydrogens (tertiary/aromatic N) is 2. The standard InChI is InChI=1S/C18H20ClN3O3/c1-12-6-7-21-16(8-12)11-25-22-13(2)14-4-5-17(19)15(9-14)10-24-18(23)20-3/h4-9H,10-11H2,1-3H3,(H,20,23)/b22-13+. The van der Waals surface area contributed by atoms with Crippen LogP contribution in [0.1, 0.15) is 29.3 Å². The molecule has 0 saturated heterocycles. The first-order valence-corrected chi connectivity index (χ1v) is 8.09. The Balaban J connectivity index is 2.02. The van der Waals surface area contributed by atoms with E-state index in [-0.39, 0.29) is 6.61 Å². The Hall–Kier alpha value is -2.60. The van der Waals surface area contributed by atoms with E-state index >= 15 is 0 Å². The van der Waals surface area contributed by atoms with Crippen LogP contribution in [-0.4, -0.2) is 23.8 Å². The van der Waals surface area contributed by atoms with Crippen molar-refractivity contribution in [3.8, 4) is 0 Å². The summed E-state index contributed by atoms with van der Waals surface area (Å²) in [5.74, 6) is 0. The van der Waals surface area contributed by atoms with Crippen molar-refractivity contribution in [1.29, 1.82) is 0 Å². The van der Waals surface area contributed by atoms with Crippen LogP contribution < -0.4 is 5.32 Å². The third kappa shape index (κ3) is 5.76. The van der Waals surface area contributed by atoms with E-state index in [9.17, 15) is 4.79 Å². The molecule has 7 heteroatoms. The fraction of sp³-hybridized carbons (Fsp3) is 0.278. The molecule has 1 aromatic heterocycles. The van der Waals surface area contributed by atoms with Crippen molar-refractivity contribution in [2.45, 2.75) is 27.1 Å². The van der Waals surface area contributed by atoms with E-state index in [1.807, 2.05) is 38.1 Å². The van der Waals surface area contributed by atoms with Crippen molar-refractivity contribution in [3.63, 3.8) is 0 Å². The zero-order valence-electron chi connectivity index (χ0n) is 14.4. The quantitative estimate of drug-likeness (QED) is 0.626. The van der Waals surface area contributed by atoms with Gasteiger partial charge < -0.3 is 14.9 Å². The fourth-order valence-electron chi connectivity index (χ4n) is 2.05. The fourth-order valence-corrected chi connectivity index (χ4v) is 2.22. The summed E-state index contributed by atoms with van der Waals surface area (Å²) in [4.78, 5) is 20.8. The van der Waals surface area contributed by atoms with Gasteiger partial charge in [0, 0.05) is 23.8 Å². The smallest absolute Gasteiger partial charge is 0.407 e. The number of carbonyl (C=O) groups is 1. The first-order chi connectivity index (χ1) is 12.0. The summed E-state index contributed by atoms with van der Waals surface area (Å²) in [5, 5.41) is 7.02. The molecule has 0 radical (unpaired) electrons. The van der Waals surface area contributed by atoms with E-state index in [0.717, 1.165) is 16.8 Å². The summed E-state index contributed by atoms with van der Waals surface area (Å²) in [5.41, 5.74) is 4.14. The van der Waals surface area contributed by atoms with Crippen LogP contribution in [0, 0.1) is 6.92 Å². The molecule has 1 heterocycles. The highest BCUT2D eigenvalue weighted by atomic mass is 35.5. The van der Waals surface area contributed by atoms with Crippen LogP contribution in [0.3, 0.4) is 0 Å². The molecule has 1 aromatic carbocycles. The highest BCUT2D eigenvalue weighted by Gasteiger charge is 2.07. The number of halogens is 1. The van der Waals surface area contributed by atoms with Crippen molar-refractivity contribution >= 4 is 23.4 Å². The summed E-state index contributed by atoms with van der Waals surface area (Å²) >= 11 is 6.14. The van der Waals surface area contributed by atoms with Crippen LogP contribution >= 0.6 is 11.6 Å². The summed E-state index contributed by atoms with van der Waals surface area (Å²) in [6.07, 6.45) is 1.23. The summed E-state index contributed by atoms with van der Waals surface area (Å²) in [6, 6.07) is 9.26. The Bertz CT molecular complexity index is 778. The maximum Gasteiger partial charge on any atom is 0.407 e. The van der Waals surface area contributed by atoms with Gasteiger partial charge in [0.2, 0.25) is 0 Å². The Morgan fingerprint density at radius 3 is 2.80 bits per heavy atom. The maximum absolute atomic E-state index is 11.2. The molecule has 1 N–H and O–H groups in total. The number of alkyl carbamates (subject to hydrolysis) is 1. The van der Waals surface area contributed by atoms with Crippen LogP contribution in [0.25, 0.3) is 0 Å². The molecule has 132 valence electrons. The Labute approximate surface area is 151 Å². The Morgan fingerprint density at radius 2 is 2.08 bits per heavy atom. The molecule has 0 aliphatic heterocycles. The van der Waals surface area contributed by atoms with Crippen LogP contribution in [0.15, 0.2) is 41.7 Å². The predicted octanol–water partition coefficient (Wildman–Crippen LogP) is 3.84. The second-order valence-electron chi connectivity index (χ2n) is 5.41. The van der Waals surface area contributed by atoms with Gasteiger partial charge in [0.1, 0.15) is 6.61 Å². The average molecular weight is 362 g/mol. The maximum atomic E-state index is 11.2. The van der Waals surface area contributed by atoms with E-state index in [1.165, 1.54) is 7.05 Å². The highest BCUT2D eigenvalue weighted by Crippen LogP contribution is 2.19. The number of rotatable bonds is 6. The number of carbonyl (C=O) groups excluding carboxylic acids is 1. The molecule has 25 heavy (non-hydrogen) atoms. The van der Waals surface area contributed by atoms with Gasteiger partial charge in [-0.15, -0.1) is 0 Å². The zero-order valence-corrected chi connectivity index (χ0v) is 15.1. The molecule has 0 spiro atoms. The van der Waals surface area contributed by atoms with Crippen LogP contribution in [0.5, 0.6) is 0 Å². The lowest BCUT2D eigenvalue weighted by Gasteiger charge is -2.09. The molecule has 0 aliphatic carbocycles. The molecule has 2 aromatic rings. The van der Waals surface area contributed by atoms with Crippen molar-refractivity contribution in [2.24, 2.45) is 5.16 Å². The van der Waals surface area contributed by atoms with Crippen molar-refractivity contribution in [1.82, 2.24) is 10.3 Å². The lowest BCUT2D eigenvalue weighted by atomic mass is 10.1. The van der Waals surface area contributed by atoms with Crippen LogP contribution in [0.4, 0.5) is 4.79 Å². The van der Waals surface area contributed by atoms with Gasteiger partial charge in [0.15, 0.2) is 6.61 Å². The van der Waals surface area contributed by atoms with E-state index in [4.69, 9.17) is 21.2 Å². The van der Waals surface area contributed by atoms with Crippen LogP contribution in [-0.2, 0) is 22.8 Å². The lowest BCUT2D eigenvalue weighted by molar-refractivity contribution is 0.127. The Morgan fingerprint density at radius 1 is 1.28 bits per heavy atom. The summed E-state index contributed by atoms with van der Waals surface area (Å²) in [6.45, 7) is 4.19. The van der Waals surface area contributed by atoms with E-state index in [0.29, 0.717) is 22.9 Å². The number of nitrogens with one attached hydrogen (secondary N) is 1. The second-order valence-corrected chi connectivity index (χ2v) is 5.81. The van der Waals surface area contributed by atoms with Gasteiger partial charge in [0.25, 0.3) is 0 Å². The van der Waals surface area contributed by atoms with Gasteiger partial charge in [-0.1, -0.05) is 22.8 Å². The number of pyridine rings is 1. The molecule has 0 atom stereocenters. The first kappa shape index (κ1) is 18.7. The molecule has 6 nitrogen and oxygen atoms in total. The van der Waals surface area contributed by atoms with Gasteiger partial charge in [-0.3, -0.25) is 4.98 Å². The molecule has 1 amide bonds. The average Bonchev–Trinajstić information content (AvgIpc) is 2.60. The predicted molar refractivity (Wildman–Crippen MR) is 96.7 cm³/mol. The minimum absolute atomic E-state index is 0.0771. The molecule has 2 rings (SSSR count). The molecular formula is C18H20ClN3O3. The topological polar surface area (TPSA) is 72.8 Å². The van der Waals surface area contributed by atoms with E-state index in [1.54, 1.807) is 12.3 Å². The van der Waals surface area contributed by atoms with Gasteiger partial charge in [-0.25, -0.2) is 4.79 Å². The van der Waals surface area contributed by atoms with Crippen LogP contribution in [0.2, 0.25) is 5.02 Å². The molecule has 0 fully saturated rings. The molecule has 0 aliphatic rings. The summed E-state index contributed by atoms with van der Waals surface area (Å²) in [7, 11) is 1.50.